The highest BCUT2D eigenvalue weighted by molar-refractivity contribution is 5.98. The molecule has 4 aromatic heterocycles. The van der Waals surface area contributed by atoms with Gasteiger partial charge in [0, 0.05) is 59.6 Å². The van der Waals surface area contributed by atoms with Gasteiger partial charge in [-0.3, -0.25) is 9.20 Å². The molecule has 1 aliphatic heterocycles. The molecule has 0 bridgehead atoms. The predicted molar refractivity (Wildman–Crippen MR) is 141 cm³/mol. The predicted octanol–water partition coefficient (Wildman–Crippen LogP) is 4.96. The molecule has 0 spiro atoms. The van der Waals surface area contributed by atoms with E-state index in [1.54, 1.807) is 6.20 Å². The summed E-state index contributed by atoms with van der Waals surface area (Å²) in [5.74, 6) is 1.71. The number of aromatic nitrogens is 5. The number of H-pyrrole nitrogens is 2. The van der Waals surface area contributed by atoms with Crippen LogP contribution >= 0.6 is 0 Å². The molecular weight excluding hydrogens is 450 g/mol. The highest BCUT2D eigenvalue weighted by Crippen LogP contribution is 2.35. The Bertz CT molecular complexity index is 1720. The fraction of sp³-hybridized carbons (Fsp3) is 0.179. The Hall–Kier alpha value is -4.59. The Morgan fingerprint density at radius 2 is 1.86 bits per heavy atom. The number of imidazole rings is 1. The van der Waals surface area contributed by atoms with Gasteiger partial charge in [-0.05, 0) is 48.6 Å². The number of nitrogens with one attached hydrogen (secondary N) is 2. The normalized spacial score (nSPS) is 14.8. The Balaban J connectivity index is 1.19. The molecule has 178 valence electrons. The van der Waals surface area contributed by atoms with Crippen LogP contribution in [0.4, 0.5) is 5.82 Å². The molecule has 2 aromatic carbocycles. The second kappa shape index (κ2) is 7.98. The number of carbonyl (C=O) groups is 1. The lowest BCUT2D eigenvalue weighted by Gasteiger charge is -2.31. The molecule has 1 aliphatic rings. The fourth-order valence-corrected chi connectivity index (χ4v) is 5.47. The van der Waals surface area contributed by atoms with Crippen molar-refractivity contribution in [1.82, 2.24) is 29.2 Å². The van der Waals surface area contributed by atoms with Crippen LogP contribution in [0.1, 0.15) is 34.9 Å². The Morgan fingerprint density at radius 3 is 2.72 bits per heavy atom. The van der Waals surface area contributed by atoms with Crippen molar-refractivity contribution in [2.75, 3.05) is 18.8 Å². The summed E-state index contributed by atoms with van der Waals surface area (Å²) in [6, 6.07) is 18.1. The third-order valence-electron chi connectivity index (χ3n) is 7.34. The molecule has 4 N–H and O–H groups in total. The number of nitrogens with zero attached hydrogens (tertiary/aromatic N) is 4. The van der Waals surface area contributed by atoms with Gasteiger partial charge in [0.25, 0.3) is 5.91 Å². The van der Waals surface area contributed by atoms with Crippen LogP contribution in [0.15, 0.2) is 73.2 Å². The van der Waals surface area contributed by atoms with E-state index in [2.05, 4.69) is 37.6 Å². The molecule has 7 rings (SSSR count). The highest BCUT2D eigenvalue weighted by atomic mass is 16.2. The zero-order chi connectivity index (χ0) is 24.2. The molecule has 1 amide bonds. The maximum absolute atomic E-state index is 13.2. The molecule has 0 saturated carbocycles. The molecule has 1 saturated heterocycles. The first-order chi connectivity index (χ1) is 17.7. The first kappa shape index (κ1) is 20.8. The lowest BCUT2D eigenvalue weighted by molar-refractivity contribution is 0.0711. The van der Waals surface area contributed by atoms with Crippen LogP contribution in [0.25, 0.3) is 38.7 Å². The molecule has 6 aromatic rings. The number of nitrogen functional groups attached to an aromatic ring is 1. The van der Waals surface area contributed by atoms with Gasteiger partial charge in [0.1, 0.15) is 22.9 Å². The van der Waals surface area contributed by atoms with Crippen molar-refractivity contribution in [2.45, 2.75) is 18.8 Å². The summed E-state index contributed by atoms with van der Waals surface area (Å²) in [6.07, 6.45) is 7.22. The van der Waals surface area contributed by atoms with Crippen molar-refractivity contribution in [3.8, 4) is 11.4 Å². The standard InChI is InChI=1S/C28H25N7O/c29-26-25-24(23-15-19-3-1-2-4-21(19)32-23)33-27(35(25)14-11-31-26)18-8-12-34(13-9-18)28(36)20-6-5-17-7-10-30-22(17)16-20/h1-7,10-11,14-16,18,30,32H,8-9,12-13H2,(H2,29,31). The van der Waals surface area contributed by atoms with Crippen LogP contribution in [0.5, 0.6) is 0 Å². The Morgan fingerprint density at radius 1 is 1.00 bits per heavy atom. The number of nitrogens with two attached hydrogens (primary N) is 1. The maximum Gasteiger partial charge on any atom is 0.253 e. The van der Waals surface area contributed by atoms with Crippen molar-refractivity contribution >= 4 is 39.0 Å². The van der Waals surface area contributed by atoms with Crippen LogP contribution in [0.3, 0.4) is 0 Å². The topological polar surface area (TPSA) is 108 Å². The summed E-state index contributed by atoms with van der Waals surface area (Å²) < 4.78 is 2.07. The van der Waals surface area contributed by atoms with E-state index in [0.717, 1.165) is 62.9 Å². The summed E-state index contributed by atoms with van der Waals surface area (Å²) in [4.78, 5) is 31.3. The molecule has 5 heterocycles. The number of benzene rings is 2. The SMILES string of the molecule is Nc1nccn2c(C3CCN(C(=O)c4ccc5cc[nH]c5c4)CC3)nc(-c3cc4ccccc4[nH]3)c12. The van der Waals surface area contributed by atoms with E-state index < -0.39 is 0 Å². The molecule has 8 heteroatoms. The van der Waals surface area contributed by atoms with Gasteiger partial charge >= 0.3 is 0 Å². The largest absolute Gasteiger partial charge is 0.382 e. The van der Waals surface area contributed by atoms with E-state index in [4.69, 9.17) is 10.7 Å². The van der Waals surface area contributed by atoms with Gasteiger partial charge in [-0.1, -0.05) is 24.3 Å². The van der Waals surface area contributed by atoms with Gasteiger partial charge in [-0.15, -0.1) is 0 Å². The number of amides is 1. The minimum atomic E-state index is 0.0742. The van der Waals surface area contributed by atoms with E-state index in [-0.39, 0.29) is 11.8 Å². The molecule has 0 atom stereocenters. The first-order valence-corrected chi connectivity index (χ1v) is 12.2. The fourth-order valence-electron chi connectivity index (χ4n) is 5.47. The molecule has 8 nitrogen and oxygen atoms in total. The van der Waals surface area contributed by atoms with E-state index >= 15 is 0 Å². The molecule has 0 radical (unpaired) electrons. The maximum atomic E-state index is 13.2. The molecule has 36 heavy (non-hydrogen) atoms. The zero-order valence-corrected chi connectivity index (χ0v) is 19.6. The smallest absolute Gasteiger partial charge is 0.253 e. The van der Waals surface area contributed by atoms with E-state index in [9.17, 15) is 4.79 Å². The van der Waals surface area contributed by atoms with Crippen molar-refractivity contribution < 1.29 is 4.79 Å². The zero-order valence-electron chi connectivity index (χ0n) is 19.6. The van der Waals surface area contributed by atoms with Crippen molar-refractivity contribution in [2.24, 2.45) is 0 Å². The number of anilines is 1. The van der Waals surface area contributed by atoms with Crippen LogP contribution in [0, 0.1) is 0 Å². The first-order valence-electron chi connectivity index (χ1n) is 12.2. The number of carbonyl (C=O) groups excluding carboxylic acids is 1. The van der Waals surface area contributed by atoms with Crippen molar-refractivity contribution in [3.05, 3.63) is 84.6 Å². The number of piperidine rings is 1. The number of likely N-dealkylation sites (tertiary alicyclic amines) is 1. The van der Waals surface area contributed by atoms with Crippen LogP contribution in [-0.2, 0) is 0 Å². The lowest BCUT2D eigenvalue weighted by atomic mass is 9.95. The molecule has 0 aliphatic carbocycles. The minimum absolute atomic E-state index is 0.0742. The monoisotopic (exact) mass is 475 g/mol. The number of para-hydroxylation sites is 1. The van der Waals surface area contributed by atoms with Gasteiger partial charge in [-0.2, -0.15) is 0 Å². The van der Waals surface area contributed by atoms with Crippen LogP contribution in [-0.4, -0.2) is 48.2 Å². The third-order valence-corrected chi connectivity index (χ3v) is 7.34. The van der Waals surface area contributed by atoms with Gasteiger partial charge in [-0.25, -0.2) is 9.97 Å². The van der Waals surface area contributed by atoms with Crippen LogP contribution in [0.2, 0.25) is 0 Å². The number of hydrogen-bond acceptors (Lipinski definition) is 4. The summed E-state index contributed by atoms with van der Waals surface area (Å²) in [6.45, 7) is 1.37. The third kappa shape index (κ3) is 3.25. The minimum Gasteiger partial charge on any atom is -0.382 e. The van der Waals surface area contributed by atoms with E-state index in [1.165, 1.54) is 0 Å². The highest BCUT2D eigenvalue weighted by Gasteiger charge is 2.29. The second-order valence-electron chi connectivity index (χ2n) is 9.47. The van der Waals surface area contributed by atoms with Crippen molar-refractivity contribution in [3.63, 3.8) is 0 Å². The number of aromatic amines is 2. The Labute approximate surface area is 206 Å². The number of hydrogen-bond donors (Lipinski definition) is 3. The molecule has 1 fully saturated rings. The number of fused-ring (bicyclic) bond motifs is 3. The summed E-state index contributed by atoms with van der Waals surface area (Å²) in [5, 5.41) is 2.23. The molecular formula is C28H25N7O. The quantitative estimate of drug-likeness (QED) is 0.336. The molecule has 0 unspecified atom stereocenters. The second-order valence-corrected chi connectivity index (χ2v) is 9.47. The Kier molecular flexibility index (Phi) is 4.60. The van der Waals surface area contributed by atoms with Crippen molar-refractivity contribution in [1.29, 1.82) is 0 Å². The van der Waals surface area contributed by atoms with E-state index in [1.807, 2.05) is 53.7 Å². The summed E-state index contributed by atoms with van der Waals surface area (Å²) >= 11 is 0. The van der Waals surface area contributed by atoms with Crippen LogP contribution < -0.4 is 5.73 Å². The van der Waals surface area contributed by atoms with Gasteiger partial charge in [0.15, 0.2) is 0 Å². The summed E-state index contributed by atoms with van der Waals surface area (Å²) in [5.41, 5.74) is 11.7. The number of rotatable bonds is 3. The average Bonchev–Trinajstić information content (AvgIpc) is 3.64. The van der Waals surface area contributed by atoms with Gasteiger partial charge in [0.2, 0.25) is 0 Å². The lowest BCUT2D eigenvalue weighted by Crippen LogP contribution is -2.38. The summed E-state index contributed by atoms with van der Waals surface area (Å²) in [7, 11) is 0. The van der Waals surface area contributed by atoms with E-state index in [0.29, 0.717) is 18.9 Å². The van der Waals surface area contributed by atoms with Gasteiger partial charge < -0.3 is 20.6 Å². The average molecular weight is 476 g/mol. The van der Waals surface area contributed by atoms with Gasteiger partial charge in [0.05, 0.1) is 5.69 Å².